The molecule has 0 aliphatic heterocycles. The smallest absolute Gasteiger partial charge is 0.407 e. The van der Waals surface area contributed by atoms with E-state index < -0.39 is 5.97 Å². The summed E-state index contributed by atoms with van der Waals surface area (Å²) in [5.41, 5.74) is 4.72. The van der Waals surface area contributed by atoms with E-state index in [1.807, 2.05) is 24.3 Å². The topological polar surface area (TPSA) is 75.6 Å². The molecule has 0 heterocycles. The molecule has 0 bridgehead atoms. The fourth-order valence-electron chi connectivity index (χ4n) is 5.27. The highest BCUT2D eigenvalue weighted by Gasteiger charge is 2.36. The Morgan fingerprint density at radius 3 is 2.08 bits per heavy atom. The van der Waals surface area contributed by atoms with Gasteiger partial charge in [0.05, 0.1) is 17.6 Å². The summed E-state index contributed by atoms with van der Waals surface area (Å²) in [6.07, 6.45) is 26.1. The minimum Gasteiger partial charge on any atom is -0.481 e. The summed E-state index contributed by atoms with van der Waals surface area (Å²) in [7, 11) is 0. The van der Waals surface area contributed by atoms with E-state index in [0.29, 0.717) is 19.6 Å². The van der Waals surface area contributed by atoms with Crippen molar-refractivity contribution in [1.82, 2.24) is 5.32 Å². The minimum absolute atomic E-state index is 0.0496. The molecule has 2 aliphatic carbocycles. The Balaban J connectivity index is 1.12. The number of carbonyl (C=O) groups is 2. The number of hydrogen-bond donors (Lipinski definition) is 2. The lowest BCUT2D eigenvalue weighted by Gasteiger charge is -2.13. The van der Waals surface area contributed by atoms with Gasteiger partial charge in [0.2, 0.25) is 0 Å². The lowest BCUT2D eigenvalue weighted by Crippen LogP contribution is -2.27. The van der Waals surface area contributed by atoms with Crippen molar-refractivity contribution < 1.29 is 19.4 Å². The molecule has 200 valence electrons. The van der Waals surface area contributed by atoms with E-state index in [0.717, 1.165) is 31.3 Å². The number of alkyl carbamates (subject to hydrolysis) is 1. The zero-order valence-electron chi connectivity index (χ0n) is 22.3. The van der Waals surface area contributed by atoms with E-state index in [4.69, 9.17) is 9.84 Å². The maximum Gasteiger partial charge on any atom is 0.407 e. The number of rotatable bonds is 19. The van der Waals surface area contributed by atoms with E-state index >= 15 is 0 Å². The zero-order valence-corrected chi connectivity index (χ0v) is 22.3. The van der Waals surface area contributed by atoms with Gasteiger partial charge in [-0.2, -0.15) is 0 Å². The van der Waals surface area contributed by atoms with Crippen LogP contribution in [0.5, 0.6) is 0 Å². The summed E-state index contributed by atoms with van der Waals surface area (Å²) in [6.45, 7) is 1.00. The number of allylic oxidation sites excluding steroid dienone is 5. The molecule has 1 atom stereocenters. The molecule has 3 rings (SSSR count). The van der Waals surface area contributed by atoms with Crippen LogP contribution in [0.25, 0.3) is 5.57 Å². The van der Waals surface area contributed by atoms with E-state index in [-0.39, 0.29) is 12.0 Å². The third-order valence-corrected chi connectivity index (χ3v) is 7.33. The Hall–Kier alpha value is -2.91. The van der Waals surface area contributed by atoms with Gasteiger partial charge in [0.15, 0.2) is 0 Å². The molecule has 37 heavy (non-hydrogen) atoms. The number of carbonyl (C=O) groups excluding carboxylic acids is 1. The van der Waals surface area contributed by atoms with Crippen molar-refractivity contribution in [3.63, 3.8) is 0 Å². The van der Waals surface area contributed by atoms with E-state index in [2.05, 4.69) is 29.6 Å². The number of hydrogen-bond acceptors (Lipinski definition) is 3. The van der Waals surface area contributed by atoms with Gasteiger partial charge in [0.25, 0.3) is 0 Å². The van der Waals surface area contributed by atoms with Crippen LogP contribution >= 0.6 is 0 Å². The Morgan fingerprint density at radius 2 is 1.43 bits per heavy atom. The van der Waals surface area contributed by atoms with E-state index in [1.165, 1.54) is 80.9 Å². The second kappa shape index (κ2) is 16.8. The highest BCUT2D eigenvalue weighted by molar-refractivity contribution is 5.87. The molecule has 0 spiro atoms. The summed E-state index contributed by atoms with van der Waals surface area (Å²) in [4.78, 5) is 22.7. The van der Waals surface area contributed by atoms with Crippen LogP contribution in [0.2, 0.25) is 0 Å². The average Bonchev–Trinajstić information content (AvgIpc) is 3.22. The molecule has 0 saturated heterocycles. The molecule has 2 aliphatic rings. The van der Waals surface area contributed by atoms with Gasteiger partial charge in [-0.1, -0.05) is 95.2 Å². The third kappa shape index (κ3) is 10.2. The van der Waals surface area contributed by atoms with Crippen LogP contribution < -0.4 is 5.32 Å². The van der Waals surface area contributed by atoms with Gasteiger partial charge in [-0.15, -0.1) is 0 Å². The molecule has 5 nitrogen and oxygen atoms in total. The summed E-state index contributed by atoms with van der Waals surface area (Å²) in [6, 6.07) is 8.32. The van der Waals surface area contributed by atoms with Gasteiger partial charge in [-0.25, -0.2) is 4.79 Å². The van der Waals surface area contributed by atoms with Crippen molar-refractivity contribution in [2.75, 3.05) is 13.2 Å². The van der Waals surface area contributed by atoms with Crippen LogP contribution in [-0.2, 0) is 9.53 Å². The lowest BCUT2D eigenvalue weighted by atomic mass is 9.95. The highest BCUT2D eigenvalue weighted by Crippen LogP contribution is 2.44. The Labute approximate surface area is 223 Å². The van der Waals surface area contributed by atoms with Crippen molar-refractivity contribution in [2.24, 2.45) is 0 Å². The van der Waals surface area contributed by atoms with Gasteiger partial charge in [0, 0.05) is 30.7 Å². The molecule has 1 amide bonds. The lowest BCUT2D eigenvalue weighted by molar-refractivity contribution is -0.137. The minimum atomic E-state index is -0.677. The van der Waals surface area contributed by atoms with Crippen molar-refractivity contribution in [3.8, 4) is 0 Å². The zero-order chi connectivity index (χ0) is 26.1. The third-order valence-electron chi connectivity index (χ3n) is 7.33. The first-order valence-corrected chi connectivity index (χ1v) is 14.4. The first-order valence-electron chi connectivity index (χ1n) is 14.4. The summed E-state index contributed by atoms with van der Waals surface area (Å²) in [5, 5.41) is 11.5. The molecule has 5 heteroatoms. The van der Waals surface area contributed by atoms with Crippen LogP contribution in [0.15, 0.2) is 48.1 Å². The van der Waals surface area contributed by atoms with Gasteiger partial charge in [0.1, 0.15) is 18.3 Å². The highest BCUT2D eigenvalue weighted by atomic mass is 16.5. The molecular weight excluding hydrogens is 462 g/mol. The molecule has 0 aromatic heterocycles. The largest absolute Gasteiger partial charge is 0.481 e. The number of unbranched alkanes of at least 4 members (excludes halogenated alkanes) is 13. The molecule has 1 aromatic carbocycles. The Kier molecular flexibility index (Phi) is 13.0. The predicted molar refractivity (Wildman–Crippen MR) is 149 cm³/mol. The average molecular weight is 507 g/mol. The fourth-order valence-corrected chi connectivity index (χ4v) is 5.27. The number of amides is 1. The molecule has 0 radical (unpaired) electrons. The fraction of sp³-hybridized carbons (Fsp3) is 0.562. The number of fused-ring (bicyclic) bond motifs is 2. The number of aliphatic carboxylic acids is 1. The van der Waals surface area contributed by atoms with Crippen molar-refractivity contribution in [1.29, 1.82) is 0 Å². The van der Waals surface area contributed by atoms with Crippen molar-refractivity contribution in [3.05, 3.63) is 65.3 Å². The van der Waals surface area contributed by atoms with Gasteiger partial charge in [-0.05, 0) is 24.5 Å². The summed E-state index contributed by atoms with van der Waals surface area (Å²) >= 11 is 0. The molecule has 0 fully saturated rings. The van der Waals surface area contributed by atoms with Crippen LogP contribution in [0.3, 0.4) is 0 Å². The van der Waals surface area contributed by atoms with Gasteiger partial charge < -0.3 is 15.2 Å². The Bertz CT molecular complexity index is 946. The summed E-state index contributed by atoms with van der Waals surface area (Å²) < 4.78 is 5.58. The molecule has 2 N–H and O–H groups in total. The summed E-state index contributed by atoms with van der Waals surface area (Å²) in [5.74, 6) is -0.627. The first-order chi connectivity index (χ1) is 18.2. The second-order valence-corrected chi connectivity index (χ2v) is 10.3. The number of carboxylic acid groups (broad SMARTS) is 1. The number of ether oxygens (including phenoxy) is 1. The van der Waals surface area contributed by atoms with Crippen molar-refractivity contribution >= 4 is 17.6 Å². The standard InChI is InChI=1S/C32H43NO4/c34-31(35)23-13-11-9-7-5-3-1-2-4-6-8-10-12-18-24-33-32(36)37-25-30-28-21-16-14-19-26(28)27-20-15-17-22-29(27)30/h14-17,19-21,30H,1-13,18,23-25H2,(H-,33,34,35,36)/p+1. The van der Waals surface area contributed by atoms with Gasteiger partial charge >= 0.3 is 12.1 Å². The number of benzene rings is 1. The van der Waals surface area contributed by atoms with Crippen LogP contribution in [0, 0.1) is 6.08 Å². The normalized spacial score (nSPS) is 15.3. The Morgan fingerprint density at radius 1 is 0.838 bits per heavy atom. The van der Waals surface area contributed by atoms with Crippen LogP contribution in [0.4, 0.5) is 4.79 Å². The van der Waals surface area contributed by atoms with Gasteiger partial charge in [-0.3, -0.25) is 4.79 Å². The van der Waals surface area contributed by atoms with Crippen molar-refractivity contribution in [2.45, 2.75) is 102 Å². The monoisotopic (exact) mass is 506 g/mol. The predicted octanol–water partition coefficient (Wildman–Crippen LogP) is 8.13. The van der Waals surface area contributed by atoms with E-state index in [9.17, 15) is 9.59 Å². The maximum absolute atomic E-state index is 12.2. The SMILES string of the molecule is O=C(O)CCCCCCCCCCCCCCCCNC(=O)OCC1C2=C(C=CC=[C+]2)c2ccccc21. The number of nitrogens with one attached hydrogen (secondary N) is 1. The molecule has 1 aromatic rings. The van der Waals surface area contributed by atoms with Crippen LogP contribution in [-0.4, -0.2) is 30.3 Å². The molecule has 1 unspecified atom stereocenters. The second-order valence-electron chi connectivity index (χ2n) is 10.3. The first kappa shape index (κ1) is 28.7. The number of carboxylic acids is 1. The molecular formula is C32H44NO4+. The molecule has 0 saturated carbocycles. The van der Waals surface area contributed by atoms with Crippen LogP contribution in [0.1, 0.15) is 113 Å². The maximum atomic E-state index is 12.2. The quantitative estimate of drug-likeness (QED) is 0.147. The van der Waals surface area contributed by atoms with E-state index in [1.54, 1.807) is 0 Å².